The second kappa shape index (κ2) is 5.03. The molecule has 2 N–H and O–H groups in total. The van der Waals surface area contributed by atoms with E-state index in [4.69, 9.17) is 0 Å². The van der Waals surface area contributed by atoms with E-state index < -0.39 is 0 Å². The van der Waals surface area contributed by atoms with Gasteiger partial charge in [-0.05, 0) is 13.3 Å². The van der Waals surface area contributed by atoms with Crippen molar-refractivity contribution in [3.8, 4) is 17.3 Å². The second-order valence-corrected chi connectivity index (χ2v) is 4.05. The van der Waals surface area contributed by atoms with E-state index >= 15 is 0 Å². The molecule has 0 aliphatic heterocycles. The van der Waals surface area contributed by atoms with Gasteiger partial charge in [0, 0.05) is 12.7 Å². The van der Waals surface area contributed by atoms with Crippen LogP contribution in [0.3, 0.4) is 0 Å². The Labute approximate surface area is 104 Å². The molecular formula is C12H16N4O2. The summed E-state index contributed by atoms with van der Waals surface area (Å²) in [4.78, 5) is 18.5. The molecule has 0 bridgehead atoms. The van der Waals surface area contributed by atoms with E-state index in [0.717, 1.165) is 13.0 Å². The summed E-state index contributed by atoms with van der Waals surface area (Å²) in [7, 11) is 0. The zero-order valence-corrected chi connectivity index (χ0v) is 10.5. The van der Waals surface area contributed by atoms with Crippen LogP contribution in [0.15, 0.2) is 17.2 Å². The molecule has 0 saturated heterocycles. The first kappa shape index (κ1) is 12.3. The molecule has 6 nitrogen and oxygen atoms in total. The monoisotopic (exact) mass is 248 g/mol. The van der Waals surface area contributed by atoms with Gasteiger partial charge >= 0.3 is 0 Å². The van der Waals surface area contributed by atoms with E-state index in [1.807, 2.05) is 13.8 Å². The lowest BCUT2D eigenvalue weighted by atomic mass is 10.2. The number of rotatable bonds is 4. The van der Waals surface area contributed by atoms with E-state index in [0.29, 0.717) is 23.4 Å². The van der Waals surface area contributed by atoms with Gasteiger partial charge in [-0.1, -0.05) is 13.3 Å². The average molecular weight is 248 g/mol. The molecule has 0 aliphatic carbocycles. The minimum atomic E-state index is -0.288. The Kier molecular flexibility index (Phi) is 3.45. The maximum absolute atomic E-state index is 11.8. The van der Waals surface area contributed by atoms with Crippen molar-refractivity contribution in [3.05, 3.63) is 28.3 Å². The van der Waals surface area contributed by atoms with Crippen LogP contribution in [-0.2, 0) is 13.0 Å². The van der Waals surface area contributed by atoms with Gasteiger partial charge in [0.15, 0.2) is 0 Å². The van der Waals surface area contributed by atoms with Crippen LogP contribution in [-0.4, -0.2) is 24.9 Å². The minimum absolute atomic E-state index is 0.195. The highest BCUT2D eigenvalue weighted by atomic mass is 16.3. The van der Waals surface area contributed by atoms with Crippen molar-refractivity contribution in [2.24, 2.45) is 0 Å². The molecule has 0 saturated carbocycles. The topological polar surface area (TPSA) is 83.8 Å². The fraction of sp³-hybridized carbons (Fsp3) is 0.417. The zero-order chi connectivity index (χ0) is 13.1. The Morgan fingerprint density at radius 3 is 2.78 bits per heavy atom. The molecule has 2 heterocycles. The molecule has 0 amide bonds. The van der Waals surface area contributed by atoms with E-state index in [1.165, 1.54) is 0 Å². The Morgan fingerprint density at radius 2 is 2.22 bits per heavy atom. The van der Waals surface area contributed by atoms with Gasteiger partial charge in [0.1, 0.15) is 5.82 Å². The fourth-order valence-corrected chi connectivity index (χ4v) is 1.76. The van der Waals surface area contributed by atoms with Crippen molar-refractivity contribution in [1.29, 1.82) is 0 Å². The summed E-state index contributed by atoms with van der Waals surface area (Å²) in [5, 5.41) is 13.9. The third-order valence-electron chi connectivity index (χ3n) is 2.72. The van der Waals surface area contributed by atoms with Crippen molar-refractivity contribution in [2.75, 3.05) is 0 Å². The summed E-state index contributed by atoms with van der Waals surface area (Å²) in [6.45, 7) is 4.65. The highest BCUT2D eigenvalue weighted by Crippen LogP contribution is 2.17. The Balaban J connectivity index is 2.44. The van der Waals surface area contributed by atoms with Gasteiger partial charge < -0.3 is 10.1 Å². The van der Waals surface area contributed by atoms with Gasteiger partial charge in [0.05, 0.1) is 17.3 Å². The lowest BCUT2D eigenvalue weighted by Crippen LogP contribution is -2.15. The maximum Gasteiger partial charge on any atom is 0.258 e. The number of aryl methyl sites for hydroxylation is 1. The lowest BCUT2D eigenvalue weighted by molar-refractivity contribution is 0.443. The van der Waals surface area contributed by atoms with Crippen LogP contribution in [0.25, 0.3) is 11.4 Å². The molecule has 6 heteroatoms. The van der Waals surface area contributed by atoms with Crippen molar-refractivity contribution in [2.45, 2.75) is 33.2 Å². The second-order valence-electron chi connectivity index (χ2n) is 4.05. The van der Waals surface area contributed by atoms with Crippen molar-refractivity contribution in [1.82, 2.24) is 19.7 Å². The molecule has 0 unspecified atom stereocenters. The molecular weight excluding hydrogens is 232 g/mol. The highest BCUT2D eigenvalue weighted by Gasteiger charge is 2.11. The standard InChI is InChI=1S/C12H16N4O2/c1-3-5-9-11(17)14-10(15-12(9)18)8-6-13-16(4-2)7-8/h6-7H,3-5H2,1-2H3,(H2,14,15,17,18). The SMILES string of the molecule is CCCc1c(O)nc(-c2cnn(CC)c2)[nH]c1=O. The average Bonchev–Trinajstić information content (AvgIpc) is 2.82. The first-order chi connectivity index (χ1) is 8.65. The number of hydrogen-bond acceptors (Lipinski definition) is 4. The predicted octanol–water partition coefficient (Wildman–Crippen LogP) is 1.31. The summed E-state index contributed by atoms with van der Waals surface area (Å²) in [5.74, 6) is 0.150. The number of nitrogens with one attached hydrogen (secondary N) is 1. The first-order valence-corrected chi connectivity index (χ1v) is 6.00. The molecule has 0 spiro atoms. The Bertz CT molecular complexity index is 600. The Morgan fingerprint density at radius 1 is 1.44 bits per heavy atom. The molecule has 96 valence electrons. The number of aromatic hydroxyl groups is 1. The third-order valence-corrected chi connectivity index (χ3v) is 2.72. The van der Waals surface area contributed by atoms with Crippen molar-refractivity contribution >= 4 is 0 Å². The molecule has 2 aromatic heterocycles. The van der Waals surface area contributed by atoms with E-state index in [9.17, 15) is 9.90 Å². The summed E-state index contributed by atoms with van der Waals surface area (Å²) in [5.41, 5.74) is 0.736. The number of hydrogen-bond donors (Lipinski definition) is 2. The van der Waals surface area contributed by atoms with Crippen LogP contribution in [0.1, 0.15) is 25.8 Å². The molecule has 0 atom stereocenters. The molecule has 0 aromatic carbocycles. The zero-order valence-electron chi connectivity index (χ0n) is 10.5. The fourth-order valence-electron chi connectivity index (χ4n) is 1.76. The molecule has 18 heavy (non-hydrogen) atoms. The van der Waals surface area contributed by atoms with E-state index in [1.54, 1.807) is 17.1 Å². The van der Waals surface area contributed by atoms with Crippen molar-refractivity contribution in [3.63, 3.8) is 0 Å². The number of H-pyrrole nitrogens is 1. The minimum Gasteiger partial charge on any atom is -0.493 e. The van der Waals surface area contributed by atoms with Gasteiger partial charge in [0.25, 0.3) is 5.56 Å². The largest absolute Gasteiger partial charge is 0.493 e. The summed E-state index contributed by atoms with van der Waals surface area (Å²) < 4.78 is 1.73. The Hall–Kier alpha value is -2.11. The van der Waals surface area contributed by atoms with Crippen LogP contribution in [0.4, 0.5) is 0 Å². The van der Waals surface area contributed by atoms with Gasteiger partial charge in [0.2, 0.25) is 5.88 Å². The lowest BCUT2D eigenvalue weighted by Gasteiger charge is -2.03. The molecule has 0 fully saturated rings. The van der Waals surface area contributed by atoms with Gasteiger partial charge in [-0.3, -0.25) is 9.48 Å². The van der Waals surface area contributed by atoms with Gasteiger partial charge in [-0.15, -0.1) is 0 Å². The predicted molar refractivity (Wildman–Crippen MR) is 67.4 cm³/mol. The van der Waals surface area contributed by atoms with E-state index in [-0.39, 0.29) is 11.4 Å². The smallest absolute Gasteiger partial charge is 0.258 e. The summed E-state index contributed by atoms with van der Waals surface area (Å²) in [6, 6.07) is 0. The quantitative estimate of drug-likeness (QED) is 0.854. The third kappa shape index (κ3) is 2.27. The number of nitrogens with zero attached hydrogens (tertiary/aromatic N) is 3. The van der Waals surface area contributed by atoms with Crippen LogP contribution in [0, 0.1) is 0 Å². The van der Waals surface area contributed by atoms with E-state index in [2.05, 4.69) is 15.1 Å². The molecule has 0 aliphatic rings. The van der Waals surface area contributed by atoms with Gasteiger partial charge in [-0.25, -0.2) is 0 Å². The van der Waals surface area contributed by atoms with Crippen LogP contribution in [0.5, 0.6) is 5.88 Å². The molecule has 2 aromatic rings. The van der Waals surface area contributed by atoms with Crippen LogP contribution < -0.4 is 5.56 Å². The normalized spacial score (nSPS) is 10.8. The summed E-state index contributed by atoms with van der Waals surface area (Å²) >= 11 is 0. The van der Waals surface area contributed by atoms with Crippen molar-refractivity contribution < 1.29 is 5.11 Å². The highest BCUT2D eigenvalue weighted by molar-refractivity contribution is 5.53. The number of aromatic nitrogens is 4. The summed E-state index contributed by atoms with van der Waals surface area (Å²) in [6.07, 6.45) is 4.69. The first-order valence-electron chi connectivity index (χ1n) is 6.00. The van der Waals surface area contributed by atoms with Crippen LogP contribution >= 0.6 is 0 Å². The molecule has 0 radical (unpaired) electrons. The van der Waals surface area contributed by atoms with Gasteiger partial charge in [-0.2, -0.15) is 10.1 Å². The maximum atomic E-state index is 11.8. The van der Waals surface area contributed by atoms with Crippen LogP contribution in [0.2, 0.25) is 0 Å². The molecule has 2 rings (SSSR count). The number of aromatic amines is 1.